The Hall–Kier alpha value is -1.73. The van der Waals surface area contributed by atoms with E-state index in [0.29, 0.717) is 12.2 Å². The maximum Gasteiger partial charge on any atom is 0.310 e. The van der Waals surface area contributed by atoms with Crippen molar-refractivity contribution in [3.63, 3.8) is 0 Å². The second-order valence-electron chi connectivity index (χ2n) is 4.66. The Morgan fingerprint density at radius 2 is 2.19 bits per heavy atom. The van der Waals surface area contributed by atoms with E-state index >= 15 is 0 Å². The molecule has 5 nitrogen and oxygen atoms in total. The Kier molecular flexibility index (Phi) is 5.08. The summed E-state index contributed by atoms with van der Waals surface area (Å²) in [6, 6.07) is 1.97. The minimum atomic E-state index is -0.362. The first-order valence-corrected chi connectivity index (χ1v) is 8.16. The highest BCUT2D eigenvalue weighted by Gasteiger charge is 2.21. The summed E-state index contributed by atoms with van der Waals surface area (Å²) in [6.45, 7) is 2.03. The Morgan fingerprint density at radius 1 is 1.43 bits per heavy atom. The lowest BCUT2D eigenvalue weighted by molar-refractivity contribution is -0.145. The van der Waals surface area contributed by atoms with Gasteiger partial charge in [-0.2, -0.15) is 11.3 Å². The number of hydrogen-bond acceptors (Lipinski definition) is 6. The Bertz CT molecular complexity index is 622. The molecule has 0 aliphatic carbocycles. The van der Waals surface area contributed by atoms with Gasteiger partial charge < -0.3 is 9.64 Å². The van der Waals surface area contributed by atoms with Gasteiger partial charge in [-0.05, 0) is 11.4 Å². The van der Waals surface area contributed by atoms with E-state index in [1.165, 1.54) is 23.3 Å². The molecule has 1 unspecified atom stereocenters. The summed E-state index contributed by atoms with van der Waals surface area (Å²) in [4.78, 5) is 29.5. The standard InChI is InChI=1S/C14H16N2O3S2/c1-9(14(18)19-3)6-16(2)13(17)11-8-21-12(15-11)10-4-5-20-7-10/h4-5,7-9H,6H2,1-3H3. The van der Waals surface area contributed by atoms with Gasteiger partial charge in [0.25, 0.3) is 5.91 Å². The number of hydrogen-bond donors (Lipinski definition) is 0. The molecule has 2 aromatic heterocycles. The predicted octanol–water partition coefficient (Wildman–Crippen LogP) is 2.75. The van der Waals surface area contributed by atoms with Gasteiger partial charge in [-0.25, -0.2) is 4.98 Å². The zero-order chi connectivity index (χ0) is 15.4. The lowest BCUT2D eigenvalue weighted by atomic mass is 10.1. The first-order valence-electron chi connectivity index (χ1n) is 6.34. The number of esters is 1. The summed E-state index contributed by atoms with van der Waals surface area (Å²) >= 11 is 3.03. The molecule has 0 N–H and O–H groups in total. The second kappa shape index (κ2) is 6.82. The maximum atomic E-state index is 12.3. The highest BCUT2D eigenvalue weighted by Crippen LogP contribution is 2.26. The van der Waals surface area contributed by atoms with Crippen LogP contribution in [0.5, 0.6) is 0 Å². The number of aromatic nitrogens is 1. The molecule has 21 heavy (non-hydrogen) atoms. The monoisotopic (exact) mass is 324 g/mol. The van der Waals surface area contributed by atoms with Crippen LogP contribution in [0, 0.1) is 5.92 Å². The molecule has 0 spiro atoms. The number of amides is 1. The third-order valence-corrected chi connectivity index (χ3v) is 4.56. The van der Waals surface area contributed by atoms with Crippen LogP contribution < -0.4 is 0 Å². The maximum absolute atomic E-state index is 12.3. The first kappa shape index (κ1) is 15.7. The van der Waals surface area contributed by atoms with Crippen LogP contribution in [-0.4, -0.2) is 42.5 Å². The van der Waals surface area contributed by atoms with Crippen molar-refractivity contribution in [1.82, 2.24) is 9.88 Å². The molecule has 1 atom stereocenters. The lowest BCUT2D eigenvalue weighted by Gasteiger charge is -2.19. The molecule has 0 saturated carbocycles. The minimum Gasteiger partial charge on any atom is -0.469 e. The highest BCUT2D eigenvalue weighted by atomic mass is 32.1. The van der Waals surface area contributed by atoms with E-state index in [1.54, 1.807) is 30.7 Å². The van der Waals surface area contributed by atoms with Crippen molar-refractivity contribution in [1.29, 1.82) is 0 Å². The molecule has 112 valence electrons. The molecule has 0 aliphatic rings. The zero-order valence-electron chi connectivity index (χ0n) is 12.0. The van der Waals surface area contributed by atoms with Crippen LogP contribution in [-0.2, 0) is 9.53 Å². The molecule has 2 rings (SSSR count). The van der Waals surface area contributed by atoms with E-state index in [4.69, 9.17) is 0 Å². The van der Waals surface area contributed by atoms with Gasteiger partial charge in [0, 0.05) is 29.9 Å². The summed E-state index contributed by atoms with van der Waals surface area (Å²) < 4.78 is 4.66. The van der Waals surface area contributed by atoms with Gasteiger partial charge in [0.2, 0.25) is 0 Å². The van der Waals surface area contributed by atoms with Crippen LogP contribution in [0.1, 0.15) is 17.4 Å². The van der Waals surface area contributed by atoms with Crippen LogP contribution in [0.4, 0.5) is 0 Å². The average molecular weight is 324 g/mol. The summed E-state index contributed by atoms with van der Waals surface area (Å²) in [7, 11) is 3.00. The molecular weight excluding hydrogens is 308 g/mol. The van der Waals surface area contributed by atoms with Crippen molar-refractivity contribution >= 4 is 34.6 Å². The third-order valence-electron chi connectivity index (χ3n) is 2.99. The summed E-state index contributed by atoms with van der Waals surface area (Å²) in [6.07, 6.45) is 0. The lowest BCUT2D eigenvalue weighted by Crippen LogP contribution is -2.34. The van der Waals surface area contributed by atoms with Gasteiger partial charge in [-0.1, -0.05) is 6.92 Å². The van der Waals surface area contributed by atoms with Gasteiger partial charge in [0.05, 0.1) is 13.0 Å². The second-order valence-corrected chi connectivity index (χ2v) is 6.30. The van der Waals surface area contributed by atoms with Gasteiger partial charge in [-0.3, -0.25) is 9.59 Å². The van der Waals surface area contributed by atoms with Gasteiger partial charge in [0.15, 0.2) is 0 Å². The molecule has 1 amide bonds. The molecule has 0 fully saturated rings. The molecule has 0 bridgehead atoms. The first-order chi connectivity index (χ1) is 10.0. The summed E-state index contributed by atoms with van der Waals surface area (Å²) in [5.74, 6) is -0.880. The van der Waals surface area contributed by atoms with E-state index in [1.807, 2.05) is 16.8 Å². The largest absolute Gasteiger partial charge is 0.469 e. The molecule has 0 aliphatic heterocycles. The Morgan fingerprint density at radius 3 is 2.81 bits per heavy atom. The molecule has 2 heterocycles. The number of carbonyl (C=O) groups excluding carboxylic acids is 2. The number of nitrogens with zero attached hydrogens (tertiary/aromatic N) is 2. The summed E-state index contributed by atoms with van der Waals surface area (Å²) in [5.41, 5.74) is 1.43. The van der Waals surface area contributed by atoms with Crippen molar-refractivity contribution in [3.05, 3.63) is 27.9 Å². The van der Waals surface area contributed by atoms with Crippen molar-refractivity contribution in [2.24, 2.45) is 5.92 Å². The molecule has 0 aromatic carbocycles. The number of thiophene rings is 1. The number of rotatable bonds is 5. The average Bonchev–Trinajstić information content (AvgIpc) is 3.15. The van der Waals surface area contributed by atoms with Crippen molar-refractivity contribution < 1.29 is 14.3 Å². The highest BCUT2D eigenvalue weighted by molar-refractivity contribution is 7.14. The Balaban J connectivity index is 2.04. The number of thiazole rings is 1. The van der Waals surface area contributed by atoms with Crippen LogP contribution in [0.15, 0.2) is 22.2 Å². The Labute approximate surface area is 131 Å². The molecule has 7 heteroatoms. The number of methoxy groups -OCH3 is 1. The van der Waals surface area contributed by atoms with Crippen molar-refractivity contribution in [3.8, 4) is 10.6 Å². The van der Waals surface area contributed by atoms with Crippen LogP contribution in [0.25, 0.3) is 10.6 Å². The fourth-order valence-corrected chi connectivity index (χ4v) is 3.36. The van der Waals surface area contributed by atoms with E-state index in [0.717, 1.165) is 10.6 Å². The number of ether oxygens (including phenoxy) is 1. The van der Waals surface area contributed by atoms with Crippen molar-refractivity contribution in [2.45, 2.75) is 6.92 Å². The van der Waals surface area contributed by atoms with E-state index in [9.17, 15) is 9.59 Å². The van der Waals surface area contributed by atoms with Crippen molar-refractivity contribution in [2.75, 3.05) is 20.7 Å². The predicted molar refractivity (Wildman–Crippen MR) is 83.6 cm³/mol. The molecule has 2 aromatic rings. The van der Waals surface area contributed by atoms with E-state index < -0.39 is 0 Å². The molecule has 0 radical (unpaired) electrons. The van der Waals surface area contributed by atoms with Crippen LogP contribution in [0.3, 0.4) is 0 Å². The SMILES string of the molecule is COC(=O)C(C)CN(C)C(=O)c1csc(-c2ccsc2)n1. The van der Waals surface area contributed by atoms with Gasteiger partial charge >= 0.3 is 5.97 Å². The zero-order valence-corrected chi connectivity index (χ0v) is 13.7. The summed E-state index contributed by atoms with van der Waals surface area (Å²) in [5, 5.41) is 6.54. The van der Waals surface area contributed by atoms with Crippen LogP contribution >= 0.6 is 22.7 Å². The van der Waals surface area contributed by atoms with E-state index in [2.05, 4.69) is 9.72 Å². The normalized spacial score (nSPS) is 12.0. The fraction of sp³-hybridized carbons (Fsp3) is 0.357. The fourth-order valence-electron chi connectivity index (χ4n) is 1.86. The van der Waals surface area contributed by atoms with Gasteiger partial charge in [0.1, 0.15) is 10.7 Å². The quantitative estimate of drug-likeness (QED) is 0.794. The molecule has 0 saturated heterocycles. The third kappa shape index (κ3) is 3.68. The van der Waals surface area contributed by atoms with E-state index in [-0.39, 0.29) is 17.8 Å². The minimum absolute atomic E-state index is 0.191. The number of carbonyl (C=O) groups is 2. The smallest absolute Gasteiger partial charge is 0.310 e. The van der Waals surface area contributed by atoms with Gasteiger partial charge in [-0.15, -0.1) is 11.3 Å². The van der Waals surface area contributed by atoms with Crippen LogP contribution in [0.2, 0.25) is 0 Å². The topological polar surface area (TPSA) is 59.5 Å². The molecular formula is C14H16N2O3S2.